The van der Waals surface area contributed by atoms with Gasteiger partial charge in [-0.15, -0.1) is 0 Å². The molecule has 0 radical (unpaired) electrons. The Hall–Kier alpha value is -1.42. The summed E-state index contributed by atoms with van der Waals surface area (Å²) in [6, 6.07) is -0.941. The predicted octanol–water partition coefficient (Wildman–Crippen LogP) is 13.2. The molecule has 1 amide bonds. The molecule has 1 aliphatic rings. The quantitative estimate of drug-likeness (QED) is 0.0193. The van der Waals surface area contributed by atoms with E-state index in [1.807, 2.05) is 6.08 Å². The zero-order chi connectivity index (χ0) is 50.5. The van der Waals surface area contributed by atoms with Gasteiger partial charge in [0.15, 0.2) is 6.29 Å². The number of unbranched alkanes of at least 4 members (excludes halogenated alkanes) is 36. The number of amides is 1. The number of allylic oxidation sites excluding steroid dienone is 3. The fourth-order valence-electron chi connectivity index (χ4n) is 9.28. The third kappa shape index (κ3) is 38.8. The molecule has 1 heterocycles. The van der Waals surface area contributed by atoms with Crippen LogP contribution in [0.5, 0.6) is 0 Å². The van der Waals surface area contributed by atoms with Crippen LogP contribution in [0.25, 0.3) is 0 Å². The number of hydrogen-bond acceptors (Lipinski definition) is 10. The highest BCUT2D eigenvalue weighted by atomic mass is 32.3. The van der Waals surface area contributed by atoms with Crippen molar-refractivity contribution in [3.05, 3.63) is 24.3 Å². The lowest BCUT2D eigenvalue weighted by Gasteiger charge is -2.41. The van der Waals surface area contributed by atoms with Gasteiger partial charge in [-0.25, -0.2) is 4.18 Å². The van der Waals surface area contributed by atoms with Crippen LogP contribution in [0.3, 0.4) is 0 Å². The topological polar surface area (TPSA) is 192 Å². The minimum absolute atomic E-state index is 0.260. The Morgan fingerprint density at radius 3 is 1.30 bits per heavy atom. The molecule has 13 heteroatoms. The molecule has 0 aromatic rings. The van der Waals surface area contributed by atoms with Gasteiger partial charge in [0.25, 0.3) is 0 Å². The van der Waals surface area contributed by atoms with Gasteiger partial charge in [0.1, 0.15) is 24.4 Å². The summed E-state index contributed by atoms with van der Waals surface area (Å²) in [7, 11) is -5.08. The third-order valence-electron chi connectivity index (χ3n) is 13.7. The molecular formula is C56H107NO11S. The van der Waals surface area contributed by atoms with Crippen LogP contribution in [-0.4, -0.2) is 95.4 Å². The summed E-state index contributed by atoms with van der Waals surface area (Å²) >= 11 is 0. The lowest BCUT2D eigenvalue weighted by atomic mass is 9.99. The maximum absolute atomic E-state index is 13.1. The van der Waals surface area contributed by atoms with E-state index in [1.54, 1.807) is 6.08 Å². The molecule has 0 aliphatic carbocycles. The minimum Gasteiger partial charge on any atom is -0.394 e. The number of aliphatic hydroxyl groups is 4. The Balaban J connectivity index is 2.23. The smallest absolute Gasteiger partial charge is 0.394 e. The molecule has 1 rings (SSSR count). The molecule has 0 saturated carbocycles. The molecule has 1 aliphatic heterocycles. The Kier molecular flexibility index (Phi) is 44.1. The molecule has 408 valence electrons. The highest BCUT2D eigenvalue weighted by molar-refractivity contribution is 7.80. The standard InChI is InChI=1S/C56H107NO11S/c1-3-5-7-9-11-13-15-16-17-18-19-20-21-22-23-24-25-26-27-28-29-30-31-32-33-34-36-38-40-42-44-46-52(60)57-49(50(59)45-43-41-39-37-35-14-12-10-8-6-4-2)48-66-56-54(62)55(68-69(63,64)65)53(61)51(47-58)67-56/h22-23,43,45,49-51,53-56,58-59,61-62H,3-21,24-42,44,46-48H2,1-2H3,(H,57,60)(H,63,64,65)/b23-22-,45-43+. The van der Waals surface area contributed by atoms with Crippen LogP contribution in [0.15, 0.2) is 24.3 Å². The van der Waals surface area contributed by atoms with E-state index in [-0.39, 0.29) is 18.9 Å². The van der Waals surface area contributed by atoms with Crippen LogP contribution < -0.4 is 5.32 Å². The molecule has 6 N–H and O–H groups in total. The van der Waals surface area contributed by atoms with Crippen molar-refractivity contribution in [2.75, 3.05) is 13.2 Å². The van der Waals surface area contributed by atoms with E-state index in [0.29, 0.717) is 6.42 Å². The van der Waals surface area contributed by atoms with E-state index in [9.17, 15) is 38.2 Å². The Morgan fingerprint density at radius 2 is 0.928 bits per heavy atom. The van der Waals surface area contributed by atoms with Crippen molar-refractivity contribution in [3.63, 3.8) is 0 Å². The van der Waals surface area contributed by atoms with E-state index in [2.05, 4.69) is 35.5 Å². The van der Waals surface area contributed by atoms with Crippen LogP contribution in [0.4, 0.5) is 0 Å². The van der Waals surface area contributed by atoms with E-state index < -0.39 is 59.9 Å². The summed E-state index contributed by atoms with van der Waals surface area (Å²) in [5.41, 5.74) is 0. The maximum atomic E-state index is 13.1. The summed E-state index contributed by atoms with van der Waals surface area (Å²) < 4.78 is 47.7. The molecule has 1 saturated heterocycles. The summed E-state index contributed by atoms with van der Waals surface area (Å²) in [5.74, 6) is -0.260. The molecule has 12 nitrogen and oxygen atoms in total. The lowest BCUT2D eigenvalue weighted by molar-refractivity contribution is -0.298. The highest BCUT2D eigenvalue weighted by Crippen LogP contribution is 2.26. The average Bonchev–Trinajstić information content (AvgIpc) is 3.32. The van der Waals surface area contributed by atoms with Crippen molar-refractivity contribution < 1.29 is 51.8 Å². The molecule has 69 heavy (non-hydrogen) atoms. The first kappa shape index (κ1) is 65.6. The largest absolute Gasteiger partial charge is 0.397 e. The van der Waals surface area contributed by atoms with Crippen molar-refractivity contribution in [1.29, 1.82) is 0 Å². The predicted molar refractivity (Wildman–Crippen MR) is 282 cm³/mol. The summed E-state index contributed by atoms with van der Waals surface area (Å²) in [5, 5.41) is 44.8. The molecule has 0 aromatic heterocycles. The summed E-state index contributed by atoms with van der Waals surface area (Å²) in [6.07, 6.45) is 48.3. The molecule has 7 atom stereocenters. The van der Waals surface area contributed by atoms with Gasteiger partial charge in [0, 0.05) is 6.42 Å². The number of carbonyl (C=O) groups is 1. The van der Waals surface area contributed by atoms with E-state index >= 15 is 0 Å². The van der Waals surface area contributed by atoms with Gasteiger partial charge in [0.2, 0.25) is 5.91 Å². The Morgan fingerprint density at radius 1 is 0.565 bits per heavy atom. The van der Waals surface area contributed by atoms with Crippen molar-refractivity contribution in [1.82, 2.24) is 5.32 Å². The van der Waals surface area contributed by atoms with Gasteiger partial charge in [-0.1, -0.05) is 244 Å². The van der Waals surface area contributed by atoms with Crippen LogP contribution in [0.2, 0.25) is 0 Å². The van der Waals surface area contributed by atoms with Gasteiger partial charge in [-0.3, -0.25) is 9.35 Å². The first-order chi connectivity index (χ1) is 33.5. The second kappa shape index (κ2) is 46.4. The SMILES string of the molecule is CCCCCCCCCCC/C=C/C(O)C(COC1OC(CO)C(O)C(OS(=O)(=O)O)C1O)NC(=O)CCCCCCCCCCCCCCCCC/C=C\CCCCCCCCCCCCCC. The number of ether oxygens (including phenoxy) is 2. The van der Waals surface area contributed by atoms with Crippen molar-refractivity contribution in [2.45, 2.75) is 314 Å². The van der Waals surface area contributed by atoms with Crippen LogP contribution >= 0.6 is 0 Å². The second-order valence-electron chi connectivity index (χ2n) is 20.2. The van der Waals surface area contributed by atoms with Crippen molar-refractivity contribution in [3.8, 4) is 0 Å². The van der Waals surface area contributed by atoms with Crippen LogP contribution in [0, 0.1) is 0 Å². The third-order valence-corrected chi connectivity index (χ3v) is 14.2. The fourth-order valence-corrected chi connectivity index (χ4v) is 9.78. The number of hydrogen-bond donors (Lipinski definition) is 6. The van der Waals surface area contributed by atoms with Crippen molar-refractivity contribution >= 4 is 16.3 Å². The zero-order valence-electron chi connectivity index (χ0n) is 44.1. The summed E-state index contributed by atoms with van der Waals surface area (Å²) in [6.45, 7) is 3.40. The fraction of sp³-hybridized carbons (Fsp3) is 0.911. The van der Waals surface area contributed by atoms with Crippen LogP contribution in [0.1, 0.15) is 271 Å². The van der Waals surface area contributed by atoms with Gasteiger partial charge >= 0.3 is 10.4 Å². The first-order valence-electron chi connectivity index (χ1n) is 28.7. The van der Waals surface area contributed by atoms with Gasteiger partial charge in [-0.2, -0.15) is 8.42 Å². The number of carbonyl (C=O) groups excluding carboxylic acids is 1. The minimum atomic E-state index is -5.08. The van der Waals surface area contributed by atoms with Gasteiger partial charge in [-0.05, 0) is 44.9 Å². The molecule has 0 spiro atoms. The molecule has 7 unspecified atom stereocenters. The van der Waals surface area contributed by atoms with Gasteiger partial charge < -0.3 is 35.2 Å². The number of rotatable bonds is 50. The van der Waals surface area contributed by atoms with Crippen molar-refractivity contribution in [2.24, 2.45) is 0 Å². The number of nitrogens with one attached hydrogen (secondary N) is 1. The molecule has 0 bridgehead atoms. The molecule has 1 fully saturated rings. The molecule has 0 aromatic carbocycles. The monoisotopic (exact) mass is 1000 g/mol. The summed E-state index contributed by atoms with van der Waals surface area (Å²) in [4.78, 5) is 13.1. The van der Waals surface area contributed by atoms with E-state index in [4.69, 9.17) is 9.47 Å². The lowest BCUT2D eigenvalue weighted by Crippen LogP contribution is -2.61. The first-order valence-corrected chi connectivity index (χ1v) is 30.1. The number of aliphatic hydroxyl groups excluding tert-OH is 4. The second-order valence-corrected chi connectivity index (χ2v) is 21.3. The normalized spacial score (nSPS) is 19.8. The maximum Gasteiger partial charge on any atom is 0.397 e. The Labute approximate surface area is 422 Å². The van der Waals surface area contributed by atoms with Gasteiger partial charge in [0.05, 0.1) is 25.4 Å². The van der Waals surface area contributed by atoms with E-state index in [1.165, 1.54) is 205 Å². The zero-order valence-corrected chi connectivity index (χ0v) is 45.0. The van der Waals surface area contributed by atoms with Crippen LogP contribution in [-0.2, 0) is 28.9 Å². The Bertz CT molecular complexity index is 1320. The highest BCUT2D eigenvalue weighted by Gasteiger charge is 2.48. The average molecular weight is 1000 g/mol. The van der Waals surface area contributed by atoms with E-state index in [0.717, 1.165) is 38.5 Å². The molecular weight excluding hydrogens is 895 g/mol.